The van der Waals surface area contributed by atoms with Crippen LogP contribution in [-0.4, -0.2) is 35.0 Å². The zero-order valence-electron chi connectivity index (χ0n) is 11.3. The Morgan fingerprint density at radius 2 is 1.83 bits per heavy atom. The normalized spacial score (nSPS) is 23.4. The van der Waals surface area contributed by atoms with Crippen molar-refractivity contribution in [3.05, 3.63) is 12.2 Å². The van der Waals surface area contributed by atoms with Crippen LogP contribution in [0.1, 0.15) is 39.5 Å². The van der Waals surface area contributed by atoms with Gasteiger partial charge in [0.2, 0.25) is 5.91 Å². The lowest BCUT2D eigenvalue weighted by molar-refractivity contribution is -0.152. The summed E-state index contributed by atoms with van der Waals surface area (Å²) in [5, 5.41) is 9.21. The number of amides is 1. The number of carbonyl (C=O) groups is 2. The number of nitrogens with zero attached hydrogens (tertiary/aromatic N) is 1. The van der Waals surface area contributed by atoms with Gasteiger partial charge in [0.05, 0.1) is 11.8 Å². The maximum Gasteiger partial charge on any atom is 0.307 e. The molecule has 0 bridgehead atoms. The molecular formula is C14H23NO3. The van der Waals surface area contributed by atoms with Crippen LogP contribution in [-0.2, 0) is 9.59 Å². The lowest BCUT2D eigenvalue weighted by atomic mass is 9.78. The molecule has 0 aliphatic heterocycles. The van der Waals surface area contributed by atoms with Crippen LogP contribution in [0.4, 0.5) is 0 Å². The molecule has 0 unspecified atom stereocenters. The van der Waals surface area contributed by atoms with E-state index in [0.29, 0.717) is 25.9 Å². The fourth-order valence-corrected chi connectivity index (χ4v) is 2.63. The first-order valence-electron chi connectivity index (χ1n) is 6.63. The van der Waals surface area contributed by atoms with Crippen LogP contribution in [0.5, 0.6) is 0 Å². The number of hydrogen-bond acceptors (Lipinski definition) is 2. The van der Waals surface area contributed by atoms with Crippen molar-refractivity contribution in [2.24, 2.45) is 11.8 Å². The summed E-state index contributed by atoms with van der Waals surface area (Å²) < 4.78 is 0. The highest BCUT2D eigenvalue weighted by atomic mass is 16.4. The average molecular weight is 253 g/mol. The Morgan fingerprint density at radius 1 is 1.28 bits per heavy atom. The van der Waals surface area contributed by atoms with E-state index in [1.54, 1.807) is 4.90 Å². The third-order valence-corrected chi connectivity index (χ3v) is 3.55. The monoisotopic (exact) mass is 253 g/mol. The van der Waals surface area contributed by atoms with Gasteiger partial charge >= 0.3 is 5.97 Å². The number of carboxylic acid groups (broad SMARTS) is 1. The van der Waals surface area contributed by atoms with E-state index in [2.05, 4.69) is 6.58 Å². The van der Waals surface area contributed by atoms with Gasteiger partial charge in [0.1, 0.15) is 0 Å². The minimum absolute atomic E-state index is 0.0207. The molecule has 0 aromatic heterocycles. The Labute approximate surface area is 109 Å². The van der Waals surface area contributed by atoms with Crippen LogP contribution < -0.4 is 0 Å². The van der Waals surface area contributed by atoms with E-state index < -0.39 is 11.9 Å². The number of aliphatic carboxylic acids is 1. The van der Waals surface area contributed by atoms with E-state index in [1.807, 2.05) is 13.8 Å². The largest absolute Gasteiger partial charge is 0.481 e. The number of likely N-dealkylation sites (N-methyl/N-ethyl adjacent to an activating group) is 1. The Bertz CT molecular complexity index is 338. The third kappa shape index (κ3) is 3.59. The fraction of sp³-hybridized carbons (Fsp3) is 0.714. The van der Waals surface area contributed by atoms with Crippen molar-refractivity contribution in [3.8, 4) is 0 Å². The smallest absolute Gasteiger partial charge is 0.307 e. The van der Waals surface area contributed by atoms with Crippen LogP contribution in [0.2, 0.25) is 0 Å². The summed E-state index contributed by atoms with van der Waals surface area (Å²) in [7, 11) is 0. The second kappa shape index (κ2) is 6.57. The third-order valence-electron chi connectivity index (χ3n) is 3.55. The minimum Gasteiger partial charge on any atom is -0.481 e. The molecule has 102 valence electrons. The van der Waals surface area contributed by atoms with Crippen LogP contribution >= 0.6 is 0 Å². The van der Waals surface area contributed by atoms with Crippen LogP contribution in [0.3, 0.4) is 0 Å². The predicted molar refractivity (Wildman–Crippen MR) is 70.2 cm³/mol. The van der Waals surface area contributed by atoms with Crippen molar-refractivity contribution in [3.63, 3.8) is 0 Å². The quantitative estimate of drug-likeness (QED) is 0.765. The lowest BCUT2D eigenvalue weighted by Crippen LogP contribution is -2.43. The molecule has 0 heterocycles. The first-order valence-corrected chi connectivity index (χ1v) is 6.63. The van der Waals surface area contributed by atoms with Gasteiger partial charge in [0.15, 0.2) is 0 Å². The number of hydrogen-bond donors (Lipinski definition) is 1. The van der Waals surface area contributed by atoms with Gasteiger partial charge in [-0.25, -0.2) is 0 Å². The fourth-order valence-electron chi connectivity index (χ4n) is 2.63. The molecule has 1 fully saturated rings. The molecule has 0 aromatic carbocycles. The summed E-state index contributed by atoms with van der Waals surface area (Å²) in [6.45, 7) is 8.74. The van der Waals surface area contributed by atoms with E-state index in [9.17, 15) is 14.7 Å². The highest BCUT2D eigenvalue weighted by Gasteiger charge is 2.37. The average Bonchev–Trinajstić information content (AvgIpc) is 2.34. The molecule has 2 atom stereocenters. The molecule has 1 aliphatic rings. The van der Waals surface area contributed by atoms with Gasteiger partial charge in [-0.2, -0.15) is 0 Å². The van der Waals surface area contributed by atoms with Gasteiger partial charge in [-0.1, -0.05) is 25.0 Å². The van der Waals surface area contributed by atoms with E-state index >= 15 is 0 Å². The highest BCUT2D eigenvalue weighted by molar-refractivity contribution is 5.85. The summed E-state index contributed by atoms with van der Waals surface area (Å²) >= 11 is 0. The zero-order valence-corrected chi connectivity index (χ0v) is 11.3. The van der Waals surface area contributed by atoms with E-state index in [4.69, 9.17) is 0 Å². The Hall–Kier alpha value is -1.32. The molecule has 0 aromatic rings. The molecular weight excluding hydrogens is 230 g/mol. The summed E-state index contributed by atoms with van der Waals surface area (Å²) in [6, 6.07) is 0. The molecule has 4 nitrogen and oxygen atoms in total. The molecule has 1 amide bonds. The molecule has 4 heteroatoms. The Kier molecular flexibility index (Phi) is 5.38. The van der Waals surface area contributed by atoms with Crippen LogP contribution in [0, 0.1) is 11.8 Å². The summed E-state index contributed by atoms with van der Waals surface area (Å²) in [4.78, 5) is 25.3. The maximum atomic E-state index is 12.4. The summed E-state index contributed by atoms with van der Waals surface area (Å²) in [5.41, 5.74) is 0.924. The van der Waals surface area contributed by atoms with Gasteiger partial charge in [-0.3, -0.25) is 9.59 Å². The number of rotatable bonds is 5. The maximum absolute atomic E-state index is 12.4. The van der Waals surface area contributed by atoms with Gasteiger partial charge in [0, 0.05) is 13.1 Å². The predicted octanol–water partition coefficient (Wildman–Crippen LogP) is 2.30. The van der Waals surface area contributed by atoms with Crippen LogP contribution in [0.15, 0.2) is 12.2 Å². The van der Waals surface area contributed by atoms with Crippen molar-refractivity contribution < 1.29 is 14.7 Å². The molecule has 1 rings (SSSR count). The molecule has 0 spiro atoms. The van der Waals surface area contributed by atoms with E-state index in [-0.39, 0.29) is 11.8 Å². The molecule has 1 aliphatic carbocycles. The van der Waals surface area contributed by atoms with Crippen molar-refractivity contribution in [2.75, 3.05) is 13.1 Å². The topological polar surface area (TPSA) is 57.6 Å². The van der Waals surface area contributed by atoms with E-state index in [0.717, 1.165) is 18.4 Å². The first kappa shape index (κ1) is 14.7. The van der Waals surface area contributed by atoms with Gasteiger partial charge in [-0.15, -0.1) is 0 Å². The van der Waals surface area contributed by atoms with Gasteiger partial charge in [0.25, 0.3) is 0 Å². The van der Waals surface area contributed by atoms with Gasteiger partial charge in [-0.05, 0) is 26.7 Å². The van der Waals surface area contributed by atoms with Crippen molar-refractivity contribution in [1.29, 1.82) is 0 Å². The molecule has 0 radical (unpaired) electrons. The van der Waals surface area contributed by atoms with Gasteiger partial charge < -0.3 is 10.0 Å². The standard InChI is InChI=1S/C14H23NO3/c1-4-15(9-10(2)3)13(16)11-7-5-6-8-12(11)14(17)18/h11-12H,2,4-9H2,1,3H3,(H,17,18)/t11-,12+/m1/s1. The molecule has 18 heavy (non-hydrogen) atoms. The SMILES string of the molecule is C=C(C)CN(CC)C(=O)[C@@H]1CCCC[C@@H]1C(=O)O. The Morgan fingerprint density at radius 3 is 2.28 bits per heavy atom. The molecule has 0 saturated heterocycles. The summed E-state index contributed by atoms with van der Waals surface area (Å²) in [5.74, 6) is -1.71. The van der Waals surface area contributed by atoms with Crippen molar-refractivity contribution in [1.82, 2.24) is 4.90 Å². The summed E-state index contributed by atoms with van der Waals surface area (Å²) in [6.07, 6.45) is 3.18. The van der Waals surface area contributed by atoms with Crippen LogP contribution in [0.25, 0.3) is 0 Å². The van der Waals surface area contributed by atoms with Crippen molar-refractivity contribution in [2.45, 2.75) is 39.5 Å². The first-order chi connectivity index (χ1) is 8.47. The molecule has 1 N–H and O–H groups in total. The highest BCUT2D eigenvalue weighted by Crippen LogP contribution is 2.31. The second-order valence-corrected chi connectivity index (χ2v) is 5.15. The number of carbonyl (C=O) groups excluding carboxylic acids is 1. The number of carboxylic acids is 1. The zero-order chi connectivity index (χ0) is 13.7. The second-order valence-electron chi connectivity index (χ2n) is 5.15. The Balaban J connectivity index is 2.78. The minimum atomic E-state index is -0.834. The lowest BCUT2D eigenvalue weighted by Gasteiger charge is -2.32. The van der Waals surface area contributed by atoms with E-state index in [1.165, 1.54) is 0 Å². The molecule has 1 saturated carbocycles. The van der Waals surface area contributed by atoms with Crippen molar-refractivity contribution >= 4 is 11.9 Å².